The predicted molar refractivity (Wildman–Crippen MR) is 55.4 cm³/mol. The maximum atomic E-state index is 10.6. The fourth-order valence-corrected chi connectivity index (χ4v) is 0.869. The molecule has 0 saturated carbocycles. The summed E-state index contributed by atoms with van der Waals surface area (Å²) in [4.78, 5) is 10.6. The van der Waals surface area contributed by atoms with Crippen molar-refractivity contribution in [1.82, 2.24) is 0 Å². The second kappa shape index (κ2) is 5.44. The van der Waals surface area contributed by atoms with E-state index in [9.17, 15) is 4.79 Å². The zero-order valence-corrected chi connectivity index (χ0v) is 9.56. The summed E-state index contributed by atoms with van der Waals surface area (Å²) in [5.74, 6) is -2.10. The molecule has 2 unspecified atom stereocenters. The van der Waals surface area contributed by atoms with Crippen LogP contribution in [0.25, 0.3) is 0 Å². The Labute approximate surface area is 89.8 Å². The molecule has 5 heteroatoms. The van der Waals surface area contributed by atoms with Crippen molar-refractivity contribution < 1.29 is 9.90 Å². The molecule has 0 aliphatic carbocycles. The van der Waals surface area contributed by atoms with Crippen LogP contribution in [-0.2, 0) is 4.79 Å². The fraction of sp³-hybridized carbons (Fsp3) is 0.800. The third-order valence-electron chi connectivity index (χ3n) is 1.59. The van der Waals surface area contributed by atoms with Crippen molar-refractivity contribution in [2.75, 3.05) is 0 Å². The van der Waals surface area contributed by atoms with Crippen LogP contribution < -0.4 is 0 Å². The number of nitrogens with zero attached hydrogens (tertiary/aromatic N) is 3. The van der Waals surface area contributed by atoms with Crippen LogP contribution in [0.15, 0.2) is 10.2 Å². The van der Waals surface area contributed by atoms with E-state index >= 15 is 0 Å². The van der Waals surface area contributed by atoms with Crippen molar-refractivity contribution in [1.29, 1.82) is 5.26 Å². The van der Waals surface area contributed by atoms with Gasteiger partial charge in [-0.15, -0.1) is 0 Å². The van der Waals surface area contributed by atoms with Gasteiger partial charge in [-0.25, -0.2) is 0 Å². The summed E-state index contributed by atoms with van der Waals surface area (Å²) in [6.45, 7) is 7.47. The van der Waals surface area contributed by atoms with Gasteiger partial charge in [-0.2, -0.15) is 15.5 Å². The average Bonchev–Trinajstić information content (AvgIpc) is 2.09. The molecule has 0 saturated heterocycles. The first-order valence-corrected chi connectivity index (χ1v) is 4.80. The van der Waals surface area contributed by atoms with Crippen molar-refractivity contribution in [3.63, 3.8) is 0 Å². The number of carbonyl (C=O) groups is 1. The summed E-state index contributed by atoms with van der Waals surface area (Å²) in [6, 6.07) is 1.48. The van der Waals surface area contributed by atoms with Gasteiger partial charge < -0.3 is 5.11 Å². The molecule has 0 aromatic rings. The number of aliphatic carboxylic acids is 1. The molecule has 15 heavy (non-hydrogen) atoms. The van der Waals surface area contributed by atoms with Crippen molar-refractivity contribution in [3.05, 3.63) is 0 Å². The normalized spacial score (nSPS) is 15.9. The number of azo groups is 1. The highest BCUT2D eigenvalue weighted by Crippen LogP contribution is 2.13. The Bertz CT molecular complexity index is 286. The minimum atomic E-state index is -1.10. The molecule has 0 heterocycles. The van der Waals surface area contributed by atoms with Gasteiger partial charge in [0.25, 0.3) is 0 Å². The lowest BCUT2D eigenvalue weighted by Crippen LogP contribution is -2.17. The highest BCUT2D eigenvalue weighted by Gasteiger charge is 2.20. The maximum Gasteiger partial charge on any atom is 0.320 e. The Morgan fingerprint density at radius 2 is 2.07 bits per heavy atom. The second-order valence-corrected chi connectivity index (χ2v) is 4.49. The first kappa shape index (κ1) is 13.6. The second-order valence-electron chi connectivity index (χ2n) is 4.49. The van der Waals surface area contributed by atoms with E-state index in [1.807, 2.05) is 20.8 Å². The summed E-state index contributed by atoms with van der Waals surface area (Å²) < 4.78 is 0. The standard InChI is InChI=1S/C10H17N3O2/c1-7(12-13-10(2,3)4)5-8(6-11)9(14)15/h7-8H,5H2,1-4H3,(H,14,15). The average molecular weight is 211 g/mol. The highest BCUT2D eigenvalue weighted by atomic mass is 16.4. The molecule has 0 aliphatic rings. The van der Waals surface area contributed by atoms with Gasteiger partial charge in [0.2, 0.25) is 0 Å². The van der Waals surface area contributed by atoms with E-state index in [-0.39, 0.29) is 18.0 Å². The first-order chi connectivity index (χ1) is 6.76. The molecule has 0 fully saturated rings. The fourth-order valence-electron chi connectivity index (χ4n) is 0.869. The third-order valence-corrected chi connectivity index (χ3v) is 1.59. The van der Waals surface area contributed by atoms with Gasteiger partial charge in [0.15, 0.2) is 0 Å². The van der Waals surface area contributed by atoms with Crippen molar-refractivity contribution in [3.8, 4) is 6.07 Å². The van der Waals surface area contributed by atoms with Gasteiger partial charge in [-0.05, 0) is 34.1 Å². The van der Waals surface area contributed by atoms with E-state index in [0.29, 0.717) is 0 Å². The summed E-state index contributed by atoms with van der Waals surface area (Å²) in [7, 11) is 0. The zero-order chi connectivity index (χ0) is 12.1. The molecule has 0 amide bonds. The lowest BCUT2D eigenvalue weighted by atomic mass is 10.0. The number of rotatable bonds is 4. The Kier molecular flexibility index (Phi) is 4.92. The molecule has 0 aromatic heterocycles. The summed E-state index contributed by atoms with van der Waals surface area (Å²) >= 11 is 0. The molecule has 0 bridgehead atoms. The van der Waals surface area contributed by atoms with Crippen LogP contribution in [0.3, 0.4) is 0 Å². The Morgan fingerprint density at radius 3 is 2.40 bits per heavy atom. The minimum Gasteiger partial charge on any atom is -0.480 e. The van der Waals surface area contributed by atoms with Crippen LogP contribution in [0.5, 0.6) is 0 Å². The van der Waals surface area contributed by atoms with Gasteiger partial charge in [0.1, 0.15) is 5.92 Å². The van der Waals surface area contributed by atoms with E-state index in [0.717, 1.165) is 0 Å². The minimum absolute atomic E-state index is 0.200. The van der Waals surface area contributed by atoms with Crippen LogP contribution in [-0.4, -0.2) is 22.7 Å². The molecule has 2 atom stereocenters. The van der Waals surface area contributed by atoms with Gasteiger partial charge in [0.05, 0.1) is 17.6 Å². The van der Waals surface area contributed by atoms with Gasteiger partial charge in [0, 0.05) is 0 Å². The molecule has 0 aliphatic heterocycles. The molecule has 0 radical (unpaired) electrons. The number of carboxylic acids is 1. The van der Waals surface area contributed by atoms with Crippen molar-refractivity contribution in [2.24, 2.45) is 16.1 Å². The predicted octanol–water partition coefficient (Wildman–Crippen LogP) is 2.24. The SMILES string of the molecule is CC(CC(C#N)C(=O)O)N=NC(C)(C)C. The summed E-state index contributed by atoms with van der Waals surface area (Å²) in [5.41, 5.74) is -0.264. The molecular weight excluding hydrogens is 194 g/mol. The molecule has 0 aromatic carbocycles. The van der Waals surface area contributed by atoms with Crippen LogP contribution in [0, 0.1) is 17.2 Å². The maximum absolute atomic E-state index is 10.6. The van der Waals surface area contributed by atoms with E-state index in [1.165, 1.54) is 0 Å². The van der Waals surface area contributed by atoms with Crippen LogP contribution in [0.1, 0.15) is 34.1 Å². The van der Waals surface area contributed by atoms with Crippen LogP contribution >= 0.6 is 0 Å². The number of hydrogen-bond acceptors (Lipinski definition) is 4. The smallest absolute Gasteiger partial charge is 0.320 e. The van der Waals surface area contributed by atoms with Crippen LogP contribution in [0.2, 0.25) is 0 Å². The number of nitriles is 1. The monoisotopic (exact) mass is 211 g/mol. The zero-order valence-electron chi connectivity index (χ0n) is 9.56. The molecule has 1 N–H and O–H groups in total. The van der Waals surface area contributed by atoms with Crippen molar-refractivity contribution >= 4 is 5.97 Å². The first-order valence-electron chi connectivity index (χ1n) is 4.80. The highest BCUT2D eigenvalue weighted by molar-refractivity contribution is 5.72. The topological polar surface area (TPSA) is 85.8 Å². The molecule has 0 spiro atoms. The lowest BCUT2D eigenvalue weighted by molar-refractivity contribution is -0.140. The number of hydrogen-bond donors (Lipinski definition) is 1. The van der Waals surface area contributed by atoms with E-state index in [4.69, 9.17) is 10.4 Å². The van der Waals surface area contributed by atoms with E-state index < -0.39 is 11.9 Å². The number of carboxylic acid groups (broad SMARTS) is 1. The van der Waals surface area contributed by atoms with Gasteiger partial charge >= 0.3 is 5.97 Å². The molecule has 0 rings (SSSR count). The molecule has 5 nitrogen and oxygen atoms in total. The van der Waals surface area contributed by atoms with Crippen LogP contribution in [0.4, 0.5) is 0 Å². The summed E-state index contributed by atoms with van der Waals surface area (Å²) in [6.07, 6.45) is 0.200. The van der Waals surface area contributed by atoms with Gasteiger partial charge in [-0.1, -0.05) is 0 Å². The van der Waals surface area contributed by atoms with Gasteiger partial charge in [-0.3, -0.25) is 4.79 Å². The summed E-state index contributed by atoms with van der Waals surface area (Å²) in [5, 5.41) is 25.2. The lowest BCUT2D eigenvalue weighted by Gasteiger charge is -2.12. The Balaban J connectivity index is 4.26. The largest absolute Gasteiger partial charge is 0.480 e. The third kappa shape index (κ3) is 6.61. The molecule has 84 valence electrons. The Hall–Kier alpha value is -1.44. The molecular formula is C10H17N3O2. The Morgan fingerprint density at radius 1 is 1.53 bits per heavy atom. The van der Waals surface area contributed by atoms with E-state index in [1.54, 1.807) is 13.0 Å². The van der Waals surface area contributed by atoms with Crippen molar-refractivity contribution in [2.45, 2.75) is 45.7 Å². The quantitative estimate of drug-likeness (QED) is 0.723. The van der Waals surface area contributed by atoms with E-state index in [2.05, 4.69) is 10.2 Å².